The Labute approximate surface area is 227 Å². The van der Waals surface area contributed by atoms with Crippen LogP contribution < -0.4 is 0 Å². The van der Waals surface area contributed by atoms with Gasteiger partial charge in [-0.3, -0.25) is 24.5 Å². The van der Waals surface area contributed by atoms with Gasteiger partial charge in [0.25, 0.3) is 0 Å². The highest BCUT2D eigenvalue weighted by Crippen LogP contribution is 2.32. The molecule has 0 aliphatic carbocycles. The first-order valence-electron chi connectivity index (χ1n) is 15.5. The van der Waals surface area contributed by atoms with Gasteiger partial charge in [-0.2, -0.15) is 11.8 Å². The molecule has 0 saturated carbocycles. The Bertz CT molecular complexity index is 598. The average Bonchev–Trinajstić information content (AvgIpc) is 3.47. The van der Waals surface area contributed by atoms with Crippen LogP contribution in [0.25, 0.3) is 0 Å². The van der Waals surface area contributed by atoms with E-state index >= 15 is 0 Å². The van der Waals surface area contributed by atoms with E-state index in [4.69, 9.17) is 4.74 Å². The number of piperidine rings is 1. The maximum Gasteiger partial charge on any atom is 0.0594 e. The molecule has 4 heterocycles. The van der Waals surface area contributed by atoms with Gasteiger partial charge in [-0.15, -0.1) is 0 Å². The number of ether oxygens (including phenoxy) is 1. The number of hydrogen-bond donors (Lipinski definition) is 0. The molecule has 0 aromatic carbocycles. The molecule has 0 amide bonds. The lowest BCUT2D eigenvalue weighted by Crippen LogP contribution is -2.68. The smallest absolute Gasteiger partial charge is 0.0594 e. The van der Waals surface area contributed by atoms with E-state index in [1.807, 2.05) is 0 Å². The number of likely N-dealkylation sites (N-methyl/N-ethyl adjacent to an activating group) is 1. The van der Waals surface area contributed by atoms with Crippen LogP contribution in [0.15, 0.2) is 0 Å². The van der Waals surface area contributed by atoms with Crippen LogP contribution in [0.2, 0.25) is 0 Å². The summed E-state index contributed by atoms with van der Waals surface area (Å²) in [6.07, 6.45) is 8.19. The Morgan fingerprint density at radius 2 is 1.22 bits per heavy atom. The highest BCUT2D eigenvalue weighted by atomic mass is 32.2. The maximum absolute atomic E-state index is 5.89. The molecule has 0 spiro atoms. The molecule has 0 aromatic heterocycles. The van der Waals surface area contributed by atoms with Crippen molar-refractivity contribution in [2.24, 2.45) is 0 Å². The molecule has 210 valence electrons. The van der Waals surface area contributed by atoms with Crippen molar-refractivity contribution in [1.29, 1.82) is 0 Å². The van der Waals surface area contributed by atoms with Crippen molar-refractivity contribution < 1.29 is 4.74 Å². The zero-order chi connectivity index (χ0) is 25.3. The highest BCUT2D eigenvalue weighted by Gasteiger charge is 2.45. The third-order valence-electron chi connectivity index (χ3n) is 9.77. The minimum atomic E-state index is 0.579. The van der Waals surface area contributed by atoms with Crippen molar-refractivity contribution >= 4 is 11.8 Å². The Morgan fingerprint density at radius 1 is 0.667 bits per heavy atom. The predicted octanol–water partition coefficient (Wildman–Crippen LogP) is 3.56. The van der Waals surface area contributed by atoms with E-state index in [1.54, 1.807) is 0 Å². The molecule has 5 unspecified atom stereocenters. The van der Waals surface area contributed by atoms with E-state index in [1.165, 1.54) is 89.3 Å². The molecular formula is C29H57N5OS. The van der Waals surface area contributed by atoms with Gasteiger partial charge in [-0.05, 0) is 85.2 Å². The molecule has 4 aliphatic rings. The van der Waals surface area contributed by atoms with Crippen molar-refractivity contribution in [3.05, 3.63) is 0 Å². The van der Waals surface area contributed by atoms with Gasteiger partial charge in [-0.1, -0.05) is 20.3 Å². The standard InChI is InChI=1S/C29H57N5OS/c1-5-30(6-2)26(4)28(33-14-10-11-15-33)29(34-12-8-7-9-13-34)27(32-16-20-35-21-17-32)24-25(3)31-18-22-36-23-19-31/h25-29H,5-24H2,1-4H3. The van der Waals surface area contributed by atoms with Crippen LogP contribution in [0.4, 0.5) is 0 Å². The first-order chi connectivity index (χ1) is 17.6. The van der Waals surface area contributed by atoms with E-state index < -0.39 is 0 Å². The first kappa shape index (κ1) is 29.1. The van der Waals surface area contributed by atoms with Crippen LogP contribution in [0.3, 0.4) is 0 Å². The summed E-state index contributed by atoms with van der Waals surface area (Å²) in [4.78, 5) is 14.3. The van der Waals surface area contributed by atoms with Crippen LogP contribution in [0, 0.1) is 0 Å². The summed E-state index contributed by atoms with van der Waals surface area (Å²) in [5, 5.41) is 0. The summed E-state index contributed by atoms with van der Waals surface area (Å²) in [5.74, 6) is 2.61. The molecular weight excluding hydrogens is 466 g/mol. The van der Waals surface area contributed by atoms with Gasteiger partial charge in [-0.25, -0.2) is 0 Å². The summed E-state index contributed by atoms with van der Waals surface area (Å²) in [7, 11) is 0. The second-order valence-electron chi connectivity index (χ2n) is 11.7. The zero-order valence-electron chi connectivity index (χ0n) is 24.1. The van der Waals surface area contributed by atoms with Gasteiger partial charge >= 0.3 is 0 Å². The van der Waals surface area contributed by atoms with Gasteiger partial charge in [0, 0.05) is 67.9 Å². The molecule has 0 N–H and O–H groups in total. The topological polar surface area (TPSA) is 25.4 Å². The number of thioether (sulfide) groups is 1. The Hall–Kier alpha value is 0.110. The third-order valence-corrected chi connectivity index (χ3v) is 10.7. The third kappa shape index (κ3) is 7.40. The summed E-state index contributed by atoms with van der Waals surface area (Å²) in [6, 6.07) is 3.02. The molecule has 4 fully saturated rings. The van der Waals surface area contributed by atoms with Gasteiger partial charge in [0.05, 0.1) is 13.2 Å². The molecule has 0 radical (unpaired) electrons. The Morgan fingerprint density at radius 3 is 1.81 bits per heavy atom. The molecule has 4 aliphatic heterocycles. The van der Waals surface area contributed by atoms with Crippen molar-refractivity contribution in [3.63, 3.8) is 0 Å². The van der Waals surface area contributed by atoms with Crippen LogP contribution >= 0.6 is 11.8 Å². The van der Waals surface area contributed by atoms with Gasteiger partial charge in [0.1, 0.15) is 0 Å². The molecule has 36 heavy (non-hydrogen) atoms. The maximum atomic E-state index is 5.89. The van der Waals surface area contributed by atoms with Crippen molar-refractivity contribution in [1.82, 2.24) is 24.5 Å². The summed E-state index contributed by atoms with van der Waals surface area (Å²) in [5.41, 5.74) is 0. The number of nitrogens with zero attached hydrogens (tertiary/aromatic N) is 5. The highest BCUT2D eigenvalue weighted by molar-refractivity contribution is 7.99. The van der Waals surface area contributed by atoms with E-state index in [0.29, 0.717) is 30.2 Å². The van der Waals surface area contributed by atoms with Crippen LogP contribution in [-0.2, 0) is 4.74 Å². The van der Waals surface area contributed by atoms with E-state index in [2.05, 4.69) is 64.0 Å². The van der Waals surface area contributed by atoms with Gasteiger partial charge < -0.3 is 4.74 Å². The fourth-order valence-electron chi connectivity index (χ4n) is 7.70. The normalized spacial score (nSPS) is 28.2. The fourth-order valence-corrected chi connectivity index (χ4v) is 8.63. The molecule has 5 atom stereocenters. The SMILES string of the molecule is CCN(CC)C(C)C(C(C(CC(C)N1CCSCC1)N1CCOCC1)N1CCCCC1)N1CCCC1. The quantitative estimate of drug-likeness (QED) is 0.386. The summed E-state index contributed by atoms with van der Waals surface area (Å²) < 4.78 is 5.89. The van der Waals surface area contributed by atoms with Crippen molar-refractivity contribution in [2.45, 2.75) is 96.4 Å². The zero-order valence-corrected chi connectivity index (χ0v) is 24.9. The van der Waals surface area contributed by atoms with Crippen molar-refractivity contribution in [3.8, 4) is 0 Å². The van der Waals surface area contributed by atoms with Crippen LogP contribution in [-0.4, -0.2) is 145 Å². The second kappa shape index (κ2) is 15.0. The molecule has 4 saturated heterocycles. The van der Waals surface area contributed by atoms with Crippen molar-refractivity contribution in [2.75, 3.05) is 90.2 Å². The Balaban J connectivity index is 1.69. The van der Waals surface area contributed by atoms with Gasteiger partial charge in [0.15, 0.2) is 0 Å². The number of likely N-dealkylation sites (tertiary alicyclic amines) is 2. The molecule has 0 bridgehead atoms. The fraction of sp³-hybridized carbons (Fsp3) is 1.00. The molecule has 7 heteroatoms. The number of morpholine rings is 1. The predicted molar refractivity (Wildman–Crippen MR) is 155 cm³/mol. The average molecular weight is 524 g/mol. The van der Waals surface area contributed by atoms with E-state index in [9.17, 15) is 0 Å². The largest absolute Gasteiger partial charge is 0.379 e. The monoisotopic (exact) mass is 523 g/mol. The number of hydrogen-bond acceptors (Lipinski definition) is 7. The van der Waals surface area contributed by atoms with Crippen LogP contribution in [0.1, 0.15) is 66.2 Å². The van der Waals surface area contributed by atoms with Crippen LogP contribution in [0.5, 0.6) is 0 Å². The first-order valence-corrected chi connectivity index (χ1v) is 16.6. The molecule has 4 rings (SSSR count). The number of rotatable bonds is 12. The lowest BCUT2D eigenvalue weighted by atomic mass is 9.85. The summed E-state index contributed by atoms with van der Waals surface area (Å²) in [6.45, 7) is 23.8. The Kier molecular flexibility index (Phi) is 12.2. The molecule has 0 aromatic rings. The lowest BCUT2D eigenvalue weighted by molar-refractivity contribution is -0.0557. The van der Waals surface area contributed by atoms with E-state index in [0.717, 1.165) is 39.4 Å². The lowest BCUT2D eigenvalue weighted by Gasteiger charge is -2.53. The minimum Gasteiger partial charge on any atom is -0.379 e. The summed E-state index contributed by atoms with van der Waals surface area (Å²) >= 11 is 2.14. The second-order valence-corrected chi connectivity index (χ2v) is 13.0. The molecule has 6 nitrogen and oxygen atoms in total. The minimum absolute atomic E-state index is 0.579. The van der Waals surface area contributed by atoms with Gasteiger partial charge in [0.2, 0.25) is 0 Å². The van der Waals surface area contributed by atoms with E-state index in [-0.39, 0.29) is 0 Å².